The smallest absolute Gasteiger partial charge is 0.190 e. The van der Waals surface area contributed by atoms with Crippen LogP contribution >= 0.6 is 11.6 Å². The van der Waals surface area contributed by atoms with Gasteiger partial charge in [0.25, 0.3) is 0 Å². The molecule has 0 aliphatic rings. The summed E-state index contributed by atoms with van der Waals surface area (Å²) >= 11 is 4.93. The molecule has 0 aromatic rings. The van der Waals surface area contributed by atoms with Gasteiger partial charge in [-0.2, -0.15) is 0 Å². The van der Waals surface area contributed by atoms with E-state index in [0.29, 0.717) is 0 Å². The van der Waals surface area contributed by atoms with E-state index in [9.17, 15) is 0 Å². The van der Waals surface area contributed by atoms with Crippen molar-refractivity contribution in [1.82, 2.24) is 0 Å². The summed E-state index contributed by atoms with van der Waals surface area (Å²) in [6.45, 7) is -0.260. The lowest BCUT2D eigenvalue weighted by molar-refractivity contribution is 0.310. The molecule has 0 aromatic carbocycles. The first-order valence-corrected chi connectivity index (χ1v) is 2.12. The maximum Gasteiger partial charge on any atom is 0.190 e. The largest absolute Gasteiger partial charge is 0.384 e. The number of hydrogen-bond donors (Lipinski definition) is 2. The standard InChI is InChI=1S/C4H5ClO2/c5-4(7)2-1-3-6/h4,6-7H,3H2. The van der Waals surface area contributed by atoms with Crippen molar-refractivity contribution in [2.45, 2.75) is 5.56 Å². The molecule has 0 aliphatic carbocycles. The quantitative estimate of drug-likeness (QED) is 0.336. The van der Waals surface area contributed by atoms with Crippen LogP contribution in [0.25, 0.3) is 0 Å². The Kier molecular flexibility index (Phi) is 3.81. The van der Waals surface area contributed by atoms with Crippen LogP contribution < -0.4 is 0 Å². The van der Waals surface area contributed by atoms with Gasteiger partial charge in [0.05, 0.1) is 0 Å². The van der Waals surface area contributed by atoms with Crippen LogP contribution in [0.3, 0.4) is 0 Å². The van der Waals surface area contributed by atoms with Crippen molar-refractivity contribution in [2.75, 3.05) is 6.61 Å². The van der Waals surface area contributed by atoms with E-state index >= 15 is 0 Å². The third-order valence-corrected chi connectivity index (χ3v) is 0.409. The van der Waals surface area contributed by atoms with Gasteiger partial charge in [-0.3, -0.25) is 0 Å². The average Bonchev–Trinajstić information content (AvgIpc) is 1.61. The fourth-order valence-corrected chi connectivity index (χ4v) is 0.207. The molecule has 1 unspecified atom stereocenters. The summed E-state index contributed by atoms with van der Waals surface area (Å²) in [6.07, 6.45) is 0. The molecule has 0 bridgehead atoms. The van der Waals surface area contributed by atoms with Crippen LogP contribution in [-0.4, -0.2) is 22.4 Å². The molecule has 0 fully saturated rings. The van der Waals surface area contributed by atoms with Crippen LogP contribution in [0.15, 0.2) is 0 Å². The first-order valence-electron chi connectivity index (χ1n) is 1.68. The van der Waals surface area contributed by atoms with E-state index in [1.165, 1.54) is 0 Å². The Labute approximate surface area is 46.7 Å². The van der Waals surface area contributed by atoms with Crippen LogP contribution in [0.1, 0.15) is 0 Å². The van der Waals surface area contributed by atoms with Gasteiger partial charge in [0.1, 0.15) is 6.61 Å². The highest BCUT2D eigenvalue weighted by Gasteiger charge is 1.82. The molecule has 0 aromatic heterocycles. The molecule has 0 amide bonds. The molecule has 0 radical (unpaired) electrons. The minimum atomic E-state index is -1.15. The molecule has 40 valence electrons. The van der Waals surface area contributed by atoms with Gasteiger partial charge in [-0.1, -0.05) is 23.4 Å². The van der Waals surface area contributed by atoms with Gasteiger partial charge in [0.2, 0.25) is 0 Å². The average molecular weight is 121 g/mol. The number of alkyl halides is 1. The maximum absolute atomic E-state index is 8.16. The van der Waals surface area contributed by atoms with E-state index in [4.69, 9.17) is 21.8 Å². The second-order valence-electron chi connectivity index (χ2n) is 0.815. The van der Waals surface area contributed by atoms with E-state index in [0.717, 1.165) is 0 Å². The number of aliphatic hydroxyl groups is 2. The summed E-state index contributed by atoms with van der Waals surface area (Å²) in [5, 5.41) is 16.1. The summed E-state index contributed by atoms with van der Waals surface area (Å²) < 4.78 is 0. The highest BCUT2D eigenvalue weighted by Crippen LogP contribution is 1.82. The van der Waals surface area contributed by atoms with Gasteiger partial charge in [-0.15, -0.1) is 0 Å². The van der Waals surface area contributed by atoms with Crippen molar-refractivity contribution < 1.29 is 10.2 Å². The van der Waals surface area contributed by atoms with Gasteiger partial charge < -0.3 is 10.2 Å². The van der Waals surface area contributed by atoms with Gasteiger partial charge in [0.15, 0.2) is 5.56 Å². The first kappa shape index (κ1) is 6.77. The van der Waals surface area contributed by atoms with E-state index in [1.807, 2.05) is 0 Å². The molecule has 3 heteroatoms. The van der Waals surface area contributed by atoms with Gasteiger partial charge in [-0.05, 0) is 0 Å². The number of hydrogen-bond acceptors (Lipinski definition) is 2. The predicted molar refractivity (Wildman–Crippen MR) is 26.7 cm³/mol. The van der Waals surface area contributed by atoms with Crippen molar-refractivity contribution in [3.05, 3.63) is 0 Å². The molecule has 0 saturated carbocycles. The summed E-state index contributed by atoms with van der Waals surface area (Å²) in [5.74, 6) is 4.29. The van der Waals surface area contributed by atoms with Crippen molar-refractivity contribution in [3.8, 4) is 11.8 Å². The van der Waals surface area contributed by atoms with Crippen LogP contribution in [0.5, 0.6) is 0 Å². The van der Waals surface area contributed by atoms with Crippen molar-refractivity contribution in [1.29, 1.82) is 0 Å². The Balaban J connectivity index is 3.24. The van der Waals surface area contributed by atoms with Crippen molar-refractivity contribution in [3.63, 3.8) is 0 Å². The molecule has 7 heavy (non-hydrogen) atoms. The highest BCUT2D eigenvalue weighted by atomic mass is 35.5. The Hall–Kier alpha value is -0.230. The van der Waals surface area contributed by atoms with Gasteiger partial charge in [0, 0.05) is 0 Å². The fourth-order valence-electron chi connectivity index (χ4n) is 0.130. The zero-order valence-electron chi connectivity index (χ0n) is 3.56. The van der Waals surface area contributed by atoms with Gasteiger partial charge in [-0.25, -0.2) is 0 Å². The Morgan fingerprint density at radius 3 is 2.43 bits per heavy atom. The Morgan fingerprint density at radius 2 is 2.29 bits per heavy atom. The third kappa shape index (κ3) is 5.77. The van der Waals surface area contributed by atoms with Crippen molar-refractivity contribution in [2.24, 2.45) is 0 Å². The lowest BCUT2D eigenvalue weighted by Gasteiger charge is -1.80. The predicted octanol–water partition coefficient (Wildman–Crippen LogP) is -0.461. The number of halogens is 1. The molecule has 2 nitrogen and oxygen atoms in total. The maximum atomic E-state index is 8.16. The lowest BCUT2D eigenvalue weighted by Crippen LogP contribution is -1.88. The highest BCUT2D eigenvalue weighted by molar-refractivity contribution is 6.21. The van der Waals surface area contributed by atoms with Crippen LogP contribution in [0, 0.1) is 11.8 Å². The van der Waals surface area contributed by atoms with E-state index in [2.05, 4.69) is 11.8 Å². The molecular weight excluding hydrogens is 115 g/mol. The zero-order valence-corrected chi connectivity index (χ0v) is 4.31. The molecule has 0 spiro atoms. The van der Waals surface area contributed by atoms with E-state index < -0.39 is 5.56 Å². The molecule has 0 rings (SSSR count). The minimum absolute atomic E-state index is 0.260. The zero-order chi connectivity index (χ0) is 5.70. The SMILES string of the molecule is OCC#CC(O)Cl. The molecular formula is C4H5ClO2. The fraction of sp³-hybridized carbons (Fsp3) is 0.500. The molecule has 2 N–H and O–H groups in total. The molecule has 0 saturated heterocycles. The third-order valence-electron chi connectivity index (χ3n) is 0.300. The van der Waals surface area contributed by atoms with Gasteiger partial charge >= 0.3 is 0 Å². The summed E-state index contributed by atoms with van der Waals surface area (Å²) in [7, 11) is 0. The van der Waals surface area contributed by atoms with Crippen LogP contribution in [0.2, 0.25) is 0 Å². The van der Waals surface area contributed by atoms with Crippen molar-refractivity contribution >= 4 is 11.6 Å². The normalized spacial score (nSPS) is 11.9. The first-order chi connectivity index (χ1) is 3.27. The lowest BCUT2D eigenvalue weighted by atomic mass is 10.6. The van der Waals surface area contributed by atoms with E-state index in [-0.39, 0.29) is 6.61 Å². The molecule has 1 atom stereocenters. The second-order valence-corrected chi connectivity index (χ2v) is 1.23. The Morgan fingerprint density at radius 1 is 1.71 bits per heavy atom. The summed E-state index contributed by atoms with van der Waals surface area (Å²) in [4.78, 5) is 0. The minimum Gasteiger partial charge on any atom is -0.384 e. The summed E-state index contributed by atoms with van der Waals surface area (Å²) in [5.41, 5.74) is -1.15. The molecule has 0 heterocycles. The number of rotatable bonds is 0. The van der Waals surface area contributed by atoms with Crippen LogP contribution in [0.4, 0.5) is 0 Å². The monoisotopic (exact) mass is 120 g/mol. The topological polar surface area (TPSA) is 40.5 Å². The van der Waals surface area contributed by atoms with E-state index in [1.54, 1.807) is 0 Å². The summed E-state index contributed by atoms with van der Waals surface area (Å²) in [6, 6.07) is 0. The Bertz CT molecular complexity index is 89.6. The van der Waals surface area contributed by atoms with Crippen LogP contribution in [-0.2, 0) is 0 Å². The number of aliphatic hydroxyl groups excluding tert-OH is 2. The second kappa shape index (κ2) is 3.94. The molecule has 0 aliphatic heterocycles.